The first-order valence-corrected chi connectivity index (χ1v) is 7.36. The van der Waals surface area contributed by atoms with Gasteiger partial charge in [-0.05, 0) is 41.9 Å². The monoisotopic (exact) mass is 252 g/mol. The van der Waals surface area contributed by atoms with Gasteiger partial charge in [0.05, 0.1) is 0 Å². The van der Waals surface area contributed by atoms with Gasteiger partial charge in [0, 0.05) is 0 Å². The van der Waals surface area contributed by atoms with E-state index < -0.39 is 0 Å². The highest BCUT2D eigenvalue weighted by molar-refractivity contribution is 5.29. The maximum atomic E-state index is 2.37. The highest BCUT2D eigenvalue weighted by atomic mass is 14.1. The molecule has 0 fully saturated rings. The van der Waals surface area contributed by atoms with Gasteiger partial charge in [0.1, 0.15) is 0 Å². The summed E-state index contributed by atoms with van der Waals surface area (Å²) in [7, 11) is 0. The molecule has 0 heterocycles. The van der Waals surface area contributed by atoms with Crippen LogP contribution < -0.4 is 0 Å². The van der Waals surface area contributed by atoms with Crippen LogP contribution in [0.2, 0.25) is 0 Å². The van der Waals surface area contributed by atoms with Crippen LogP contribution in [0.5, 0.6) is 0 Å². The fourth-order valence-corrected chi connectivity index (χ4v) is 2.44. The quantitative estimate of drug-likeness (QED) is 0.658. The smallest absolute Gasteiger partial charge is 0.00257 e. The second-order valence-electron chi connectivity index (χ2n) is 5.77. The molecule has 100 valence electrons. The van der Waals surface area contributed by atoms with Crippen LogP contribution in [0.15, 0.2) is 54.6 Å². The van der Waals surface area contributed by atoms with Crippen LogP contribution in [0.3, 0.4) is 0 Å². The van der Waals surface area contributed by atoms with Crippen LogP contribution in [0.25, 0.3) is 0 Å². The summed E-state index contributed by atoms with van der Waals surface area (Å²) in [5, 5.41) is 0. The zero-order valence-electron chi connectivity index (χ0n) is 12.1. The molecular weight excluding hydrogens is 228 g/mol. The van der Waals surface area contributed by atoms with E-state index in [9.17, 15) is 0 Å². The molecule has 0 heteroatoms. The molecule has 0 spiro atoms. The summed E-state index contributed by atoms with van der Waals surface area (Å²) in [6.45, 7) is 4.59. The molecule has 0 atom stereocenters. The SMILES string of the molecule is CC(C)CCCc1cccc(Cc2ccccc2)c1. The maximum Gasteiger partial charge on any atom is -0.00257 e. The van der Waals surface area contributed by atoms with E-state index in [0.717, 1.165) is 12.3 Å². The molecule has 2 aromatic rings. The molecule has 0 radical (unpaired) electrons. The van der Waals surface area contributed by atoms with Crippen molar-refractivity contribution in [3.63, 3.8) is 0 Å². The van der Waals surface area contributed by atoms with Gasteiger partial charge in [-0.3, -0.25) is 0 Å². The van der Waals surface area contributed by atoms with Crippen LogP contribution >= 0.6 is 0 Å². The van der Waals surface area contributed by atoms with Crippen molar-refractivity contribution in [3.05, 3.63) is 71.3 Å². The van der Waals surface area contributed by atoms with E-state index in [1.807, 2.05) is 0 Å². The molecule has 0 nitrogen and oxygen atoms in total. The Kier molecular flexibility index (Phi) is 5.20. The molecule has 0 unspecified atom stereocenters. The molecule has 0 aliphatic rings. The molecule has 2 aromatic carbocycles. The van der Waals surface area contributed by atoms with E-state index >= 15 is 0 Å². The van der Waals surface area contributed by atoms with Gasteiger partial charge in [0.25, 0.3) is 0 Å². The topological polar surface area (TPSA) is 0 Å². The van der Waals surface area contributed by atoms with E-state index in [2.05, 4.69) is 68.4 Å². The number of aryl methyl sites for hydroxylation is 1. The third-order valence-corrected chi connectivity index (χ3v) is 3.49. The molecule has 0 N–H and O–H groups in total. The normalized spacial score (nSPS) is 10.9. The van der Waals surface area contributed by atoms with Crippen LogP contribution in [0, 0.1) is 5.92 Å². The van der Waals surface area contributed by atoms with Gasteiger partial charge in [-0.2, -0.15) is 0 Å². The molecule has 19 heavy (non-hydrogen) atoms. The van der Waals surface area contributed by atoms with Crippen molar-refractivity contribution in [2.45, 2.75) is 39.5 Å². The van der Waals surface area contributed by atoms with Crippen LogP contribution in [0.1, 0.15) is 43.4 Å². The zero-order valence-corrected chi connectivity index (χ0v) is 12.1. The van der Waals surface area contributed by atoms with Gasteiger partial charge in [-0.15, -0.1) is 0 Å². The van der Waals surface area contributed by atoms with Gasteiger partial charge in [-0.25, -0.2) is 0 Å². The first-order chi connectivity index (χ1) is 9.24. The first kappa shape index (κ1) is 13.9. The zero-order chi connectivity index (χ0) is 13.5. The minimum Gasteiger partial charge on any atom is -0.0628 e. The Bertz CT molecular complexity index is 482. The van der Waals surface area contributed by atoms with Crippen molar-refractivity contribution in [3.8, 4) is 0 Å². The third kappa shape index (κ3) is 4.90. The van der Waals surface area contributed by atoms with Crippen LogP contribution in [-0.2, 0) is 12.8 Å². The molecule has 2 rings (SSSR count). The Morgan fingerprint density at radius 3 is 2.21 bits per heavy atom. The summed E-state index contributed by atoms with van der Waals surface area (Å²) in [4.78, 5) is 0. The van der Waals surface area contributed by atoms with Gasteiger partial charge in [0.2, 0.25) is 0 Å². The molecule has 0 aromatic heterocycles. The summed E-state index contributed by atoms with van der Waals surface area (Å²) in [5.74, 6) is 0.813. The van der Waals surface area contributed by atoms with Crippen molar-refractivity contribution in [2.24, 2.45) is 5.92 Å². The van der Waals surface area contributed by atoms with Crippen LogP contribution in [0.4, 0.5) is 0 Å². The van der Waals surface area contributed by atoms with Gasteiger partial charge >= 0.3 is 0 Å². The van der Waals surface area contributed by atoms with E-state index in [-0.39, 0.29) is 0 Å². The van der Waals surface area contributed by atoms with Crippen molar-refractivity contribution < 1.29 is 0 Å². The fourth-order valence-electron chi connectivity index (χ4n) is 2.44. The number of hydrogen-bond donors (Lipinski definition) is 0. The van der Waals surface area contributed by atoms with Gasteiger partial charge in [0.15, 0.2) is 0 Å². The fraction of sp³-hybridized carbons (Fsp3) is 0.368. The largest absolute Gasteiger partial charge is 0.0628 e. The Hall–Kier alpha value is -1.56. The van der Waals surface area contributed by atoms with E-state index in [1.54, 1.807) is 0 Å². The Morgan fingerprint density at radius 1 is 0.789 bits per heavy atom. The minimum atomic E-state index is 0.813. The number of rotatable bonds is 6. The second-order valence-corrected chi connectivity index (χ2v) is 5.77. The van der Waals surface area contributed by atoms with Gasteiger partial charge in [-0.1, -0.05) is 74.9 Å². The molecular formula is C19H24. The molecule has 0 aliphatic carbocycles. The van der Waals surface area contributed by atoms with E-state index in [0.29, 0.717) is 0 Å². The first-order valence-electron chi connectivity index (χ1n) is 7.36. The lowest BCUT2D eigenvalue weighted by Gasteiger charge is -2.07. The van der Waals surface area contributed by atoms with Crippen molar-refractivity contribution in [1.82, 2.24) is 0 Å². The predicted octanol–water partition coefficient (Wildman–Crippen LogP) is 5.26. The summed E-state index contributed by atoms with van der Waals surface area (Å²) in [5.41, 5.74) is 4.30. The molecule has 0 bridgehead atoms. The minimum absolute atomic E-state index is 0.813. The second kappa shape index (κ2) is 7.13. The Balaban J connectivity index is 1.95. The van der Waals surface area contributed by atoms with Crippen molar-refractivity contribution in [2.75, 3.05) is 0 Å². The van der Waals surface area contributed by atoms with E-state index in [4.69, 9.17) is 0 Å². The average molecular weight is 252 g/mol. The molecule has 0 saturated heterocycles. The van der Waals surface area contributed by atoms with Crippen molar-refractivity contribution in [1.29, 1.82) is 0 Å². The summed E-state index contributed by atoms with van der Waals surface area (Å²) in [6, 6.07) is 19.8. The standard InChI is InChI=1S/C19H24/c1-16(2)8-6-11-18-12-7-13-19(15-18)14-17-9-4-3-5-10-17/h3-5,7,9-10,12-13,15-16H,6,8,11,14H2,1-2H3. The average Bonchev–Trinajstić information content (AvgIpc) is 2.40. The lowest BCUT2D eigenvalue weighted by Crippen LogP contribution is -1.93. The van der Waals surface area contributed by atoms with Gasteiger partial charge < -0.3 is 0 Å². The summed E-state index contributed by atoms with van der Waals surface area (Å²) >= 11 is 0. The predicted molar refractivity (Wildman–Crippen MR) is 83.5 cm³/mol. The number of benzene rings is 2. The lowest BCUT2D eigenvalue weighted by atomic mass is 9.99. The number of hydrogen-bond acceptors (Lipinski definition) is 0. The highest BCUT2D eigenvalue weighted by Gasteiger charge is 2.00. The summed E-state index contributed by atoms with van der Waals surface area (Å²) < 4.78 is 0. The molecule has 0 amide bonds. The molecule has 0 saturated carbocycles. The van der Waals surface area contributed by atoms with E-state index in [1.165, 1.54) is 36.0 Å². The maximum absolute atomic E-state index is 2.37. The third-order valence-electron chi connectivity index (χ3n) is 3.49. The lowest BCUT2D eigenvalue weighted by molar-refractivity contribution is 0.556. The summed E-state index contributed by atoms with van der Waals surface area (Å²) in [6.07, 6.45) is 4.87. The molecule has 0 aliphatic heterocycles. The Morgan fingerprint density at radius 2 is 1.47 bits per heavy atom. The Labute approximate surface area is 117 Å². The highest BCUT2D eigenvalue weighted by Crippen LogP contribution is 2.14. The van der Waals surface area contributed by atoms with Crippen molar-refractivity contribution >= 4 is 0 Å². The van der Waals surface area contributed by atoms with Crippen LogP contribution in [-0.4, -0.2) is 0 Å².